The van der Waals surface area contributed by atoms with Gasteiger partial charge in [0.15, 0.2) is 10.7 Å². The smallest absolute Gasteiger partial charge is 0.153 e. The van der Waals surface area contributed by atoms with Gasteiger partial charge in [0.05, 0.1) is 5.88 Å². The van der Waals surface area contributed by atoms with Crippen LogP contribution in [0.3, 0.4) is 0 Å². The van der Waals surface area contributed by atoms with Gasteiger partial charge in [-0.1, -0.05) is 30.3 Å². The largest absolute Gasteiger partial charge is 0.370 e. The molecule has 2 aromatic rings. The van der Waals surface area contributed by atoms with Gasteiger partial charge in [0.1, 0.15) is 0 Å². The summed E-state index contributed by atoms with van der Waals surface area (Å²) in [5, 5.41) is 0. The molecule has 6 heteroatoms. The lowest BCUT2D eigenvalue weighted by atomic mass is 9.95. The molecule has 0 bridgehead atoms. The molecular formula is C24H31N3O2S. The van der Waals surface area contributed by atoms with Crippen molar-refractivity contribution in [2.75, 3.05) is 33.1 Å². The molecule has 2 aliphatic heterocycles. The lowest BCUT2D eigenvalue weighted by Gasteiger charge is -2.39. The van der Waals surface area contributed by atoms with E-state index >= 15 is 0 Å². The fourth-order valence-corrected chi connectivity index (χ4v) is 5.13. The lowest BCUT2D eigenvalue weighted by molar-refractivity contribution is 0.150. The quantitative estimate of drug-likeness (QED) is 0.720. The van der Waals surface area contributed by atoms with Crippen LogP contribution in [0.5, 0.6) is 0 Å². The minimum Gasteiger partial charge on any atom is -0.370 e. The first-order chi connectivity index (χ1) is 14.5. The van der Waals surface area contributed by atoms with Gasteiger partial charge in [-0.15, -0.1) is 0 Å². The molecule has 0 unspecified atom stereocenters. The highest BCUT2D eigenvalue weighted by Crippen LogP contribution is 2.30. The van der Waals surface area contributed by atoms with Gasteiger partial charge in [0.25, 0.3) is 0 Å². The molecule has 0 spiro atoms. The highest BCUT2D eigenvalue weighted by atomic mass is 32.2. The first-order valence-corrected chi connectivity index (χ1v) is 12.0. The summed E-state index contributed by atoms with van der Waals surface area (Å²) in [5.41, 5.74) is 6.49. The maximum atomic E-state index is 11.0. The number of thiol groups is 1. The third-order valence-corrected chi connectivity index (χ3v) is 6.68. The van der Waals surface area contributed by atoms with E-state index in [1.165, 1.54) is 27.8 Å². The number of benzene rings is 2. The highest BCUT2D eigenvalue weighted by molar-refractivity contribution is 7.72. The van der Waals surface area contributed by atoms with Crippen molar-refractivity contribution in [1.29, 1.82) is 0 Å². The number of piperidine rings is 1. The van der Waals surface area contributed by atoms with Crippen molar-refractivity contribution >= 4 is 16.8 Å². The maximum Gasteiger partial charge on any atom is 0.153 e. The van der Waals surface area contributed by atoms with Gasteiger partial charge in [-0.3, -0.25) is 4.90 Å². The van der Waals surface area contributed by atoms with Crippen LogP contribution in [-0.2, 0) is 23.8 Å². The van der Waals surface area contributed by atoms with Crippen molar-refractivity contribution in [3.63, 3.8) is 0 Å². The van der Waals surface area contributed by atoms with E-state index in [0.717, 1.165) is 39.0 Å². The van der Waals surface area contributed by atoms with Gasteiger partial charge in [-0.25, -0.2) is 8.42 Å². The molecule has 0 aliphatic carbocycles. The van der Waals surface area contributed by atoms with E-state index in [1.54, 1.807) is 0 Å². The SMILES string of the molecule is CN(C)Cc1cccc(-c2ccc3c(c2)C=CN(C2CCN(C[SH](=O)=O)CC2)C3)c1. The Balaban J connectivity index is 1.44. The Morgan fingerprint density at radius 1 is 1.03 bits per heavy atom. The summed E-state index contributed by atoms with van der Waals surface area (Å²) in [6.45, 7) is 3.58. The van der Waals surface area contributed by atoms with Crippen molar-refractivity contribution in [3.8, 4) is 11.1 Å². The molecule has 30 heavy (non-hydrogen) atoms. The average Bonchev–Trinajstić information content (AvgIpc) is 2.73. The zero-order chi connectivity index (χ0) is 21.1. The molecule has 0 atom stereocenters. The molecule has 0 radical (unpaired) electrons. The van der Waals surface area contributed by atoms with Crippen LogP contribution in [0.25, 0.3) is 17.2 Å². The Kier molecular flexibility index (Phi) is 6.56. The van der Waals surface area contributed by atoms with Crippen LogP contribution in [-0.4, -0.2) is 62.2 Å². The third-order valence-electron chi connectivity index (χ3n) is 6.05. The fraction of sp³-hybridized carbons (Fsp3) is 0.417. The molecule has 0 aromatic heterocycles. The van der Waals surface area contributed by atoms with Crippen LogP contribution in [0, 0.1) is 0 Å². The van der Waals surface area contributed by atoms with Gasteiger partial charge < -0.3 is 9.80 Å². The van der Waals surface area contributed by atoms with Crippen molar-refractivity contribution in [2.45, 2.75) is 32.0 Å². The van der Waals surface area contributed by atoms with Crippen LogP contribution < -0.4 is 0 Å². The summed E-state index contributed by atoms with van der Waals surface area (Å²) in [5.74, 6) is 0.194. The Bertz CT molecular complexity index is 984. The Hall–Kier alpha value is -2.15. The molecule has 0 N–H and O–H groups in total. The maximum absolute atomic E-state index is 11.0. The first kappa shape index (κ1) is 21.1. The molecule has 1 fully saturated rings. The Labute approximate surface area is 181 Å². The van der Waals surface area contributed by atoms with Crippen LogP contribution in [0.4, 0.5) is 0 Å². The van der Waals surface area contributed by atoms with E-state index in [-0.39, 0.29) is 5.88 Å². The summed E-state index contributed by atoms with van der Waals surface area (Å²) in [4.78, 5) is 6.66. The predicted molar refractivity (Wildman–Crippen MR) is 124 cm³/mol. The fourth-order valence-electron chi connectivity index (χ4n) is 4.52. The van der Waals surface area contributed by atoms with E-state index < -0.39 is 10.7 Å². The van der Waals surface area contributed by atoms with E-state index in [1.807, 2.05) is 4.90 Å². The van der Waals surface area contributed by atoms with E-state index in [9.17, 15) is 8.42 Å². The molecule has 0 saturated carbocycles. The summed E-state index contributed by atoms with van der Waals surface area (Å²) in [6.07, 6.45) is 6.48. The van der Waals surface area contributed by atoms with Gasteiger partial charge in [-0.2, -0.15) is 0 Å². The molecule has 2 heterocycles. The van der Waals surface area contributed by atoms with Crippen molar-refractivity contribution in [1.82, 2.24) is 14.7 Å². The second-order valence-electron chi connectivity index (χ2n) is 8.66. The van der Waals surface area contributed by atoms with Gasteiger partial charge >= 0.3 is 0 Å². The van der Waals surface area contributed by atoms with E-state index in [4.69, 9.17) is 0 Å². The predicted octanol–water partition coefficient (Wildman–Crippen LogP) is 3.23. The third kappa shape index (κ3) is 5.12. The minimum atomic E-state index is -2.32. The lowest BCUT2D eigenvalue weighted by Crippen LogP contribution is -2.43. The summed E-state index contributed by atoms with van der Waals surface area (Å²) in [6, 6.07) is 16.1. The molecular weight excluding hydrogens is 394 g/mol. The molecule has 1 saturated heterocycles. The highest BCUT2D eigenvalue weighted by Gasteiger charge is 2.25. The number of nitrogens with zero attached hydrogens (tertiary/aromatic N) is 3. The number of fused-ring (bicyclic) bond motifs is 1. The van der Waals surface area contributed by atoms with Crippen LogP contribution in [0.1, 0.15) is 29.5 Å². The standard InChI is InChI=1S/C24H31N3O2S/c1-25(2)16-19-4-3-5-20(14-19)21-6-7-23-17-27(13-8-22(23)15-21)24-9-11-26(12-10-24)18-30(28)29/h3-8,13-15,24,30H,9-12,16-18H2,1-2H3. The minimum absolute atomic E-state index is 0.194. The number of hydrogen-bond donors (Lipinski definition) is 1. The zero-order valence-corrected chi connectivity index (χ0v) is 18.7. The average molecular weight is 426 g/mol. The summed E-state index contributed by atoms with van der Waals surface area (Å²) in [7, 11) is 1.87. The topological polar surface area (TPSA) is 43.9 Å². The van der Waals surface area contributed by atoms with Crippen molar-refractivity contribution in [2.24, 2.45) is 0 Å². The Morgan fingerprint density at radius 3 is 2.53 bits per heavy atom. The van der Waals surface area contributed by atoms with Crippen LogP contribution >= 0.6 is 0 Å². The summed E-state index contributed by atoms with van der Waals surface area (Å²) >= 11 is 0. The Morgan fingerprint density at radius 2 is 1.80 bits per heavy atom. The molecule has 5 nitrogen and oxygen atoms in total. The van der Waals surface area contributed by atoms with Crippen molar-refractivity contribution in [3.05, 3.63) is 65.4 Å². The number of rotatable bonds is 6. The van der Waals surface area contributed by atoms with Crippen molar-refractivity contribution < 1.29 is 8.42 Å². The van der Waals surface area contributed by atoms with Gasteiger partial charge in [0.2, 0.25) is 0 Å². The van der Waals surface area contributed by atoms with Crippen LogP contribution in [0.2, 0.25) is 0 Å². The number of hydrogen-bond acceptors (Lipinski definition) is 5. The zero-order valence-electron chi connectivity index (χ0n) is 17.8. The molecule has 4 rings (SSSR count). The molecule has 0 amide bonds. The van der Waals surface area contributed by atoms with Crippen LogP contribution in [0.15, 0.2) is 48.7 Å². The normalized spacial score (nSPS) is 17.7. The molecule has 2 aliphatic rings. The van der Waals surface area contributed by atoms with Gasteiger partial charge in [-0.05, 0) is 73.0 Å². The second-order valence-corrected chi connectivity index (χ2v) is 9.61. The monoisotopic (exact) mass is 425 g/mol. The van der Waals surface area contributed by atoms with E-state index in [0.29, 0.717) is 6.04 Å². The summed E-state index contributed by atoms with van der Waals surface area (Å²) < 4.78 is 21.9. The molecule has 2 aromatic carbocycles. The second kappa shape index (κ2) is 9.33. The first-order valence-electron chi connectivity index (χ1n) is 10.6. The number of likely N-dealkylation sites (tertiary alicyclic amines) is 1. The van der Waals surface area contributed by atoms with Gasteiger partial charge in [0, 0.05) is 38.4 Å². The van der Waals surface area contributed by atoms with E-state index in [2.05, 4.69) is 78.6 Å². The molecule has 160 valence electrons.